The summed E-state index contributed by atoms with van der Waals surface area (Å²) in [4.78, 5) is 25.7. The molecule has 266 valence electrons. The Balaban J connectivity index is 1.08. The van der Waals surface area contributed by atoms with Crippen LogP contribution < -0.4 is 0 Å². The Bertz CT molecular complexity index is 3480. The summed E-state index contributed by atoms with van der Waals surface area (Å²) < 4.78 is 14.9. The van der Waals surface area contributed by atoms with Crippen molar-refractivity contribution < 1.29 is 8.83 Å². The molecule has 0 unspecified atom stereocenters. The summed E-state index contributed by atoms with van der Waals surface area (Å²) in [6, 6.07) is 55.2. The second-order valence-corrected chi connectivity index (χ2v) is 15.1. The van der Waals surface area contributed by atoms with E-state index in [0.717, 1.165) is 97.7 Å². The Labute approximate surface area is 328 Å². The van der Waals surface area contributed by atoms with Crippen molar-refractivity contribution in [2.24, 2.45) is 0 Å². The third-order valence-corrected chi connectivity index (χ3v) is 11.7. The van der Waals surface area contributed by atoms with Gasteiger partial charge in [0.1, 0.15) is 22.3 Å². The zero-order valence-corrected chi connectivity index (χ0v) is 30.9. The molecule has 0 saturated carbocycles. The van der Waals surface area contributed by atoms with E-state index in [4.69, 9.17) is 33.8 Å². The van der Waals surface area contributed by atoms with Gasteiger partial charge in [0.25, 0.3) is 0 Å². The fraction of sp³-hybridized carbons (Fsp3) is 0. The van der Waals surface area contributed by atoms with E-state index in [9.17, 15) is 0 Å². The highest BCUT2D eigenvalue weighted by atomic mass is 32.1. The summed E-state index contributed by atoms with van der Waals surface area (Å²) in [6.45, 7) is 0. The topological polar surface area (TPSA) is 90.7 Å². The van der Waals surface area contributed by atoms with Crippen molar-refractivity contribution in [1.82, 2.24) is 24.9 Å². The number of aromatic nitrogens is 5. The number of thiophene rings is 1. The molecule has 8 heteroatoms. The molecule has 5 aromatic heterocycles. The molecular weight excluding hydrogens is 723 g/mol. The van der Waals surface area contributed by atoms with Crippen LogP contribution in [0, 0.1) is 0 Å². The van der Waals surface area contributed by atoms with Crippen LogP contribution in [0.2, 0.25) is 0 Å². The van der Waals surface area contributed by atoms with E-state index in [1.54, 1.807) is 11.3 Å². The van der Waals surface area contributed by atoms with E-state index in [-0.39, 0.29) is 0 Å². The molecule has 0 fully saturated rings. The van der Waals surface area contributed by atoms with Gasteiger partial charge in [0.15, 0.2) is 23.3 Å². The van der Waals surface area contributed by atoms with Crippen LogP contribution in [0.15, 0.2) is 173 Å². The highest BCUT2D eigenvalue weighted by Gasteiger charge is 2.21. The molecule has 12 aromatic rings. The monoisotopic (exact) mass is 749 g/mol. The highest BCUT2D eigenvalue weighted by molar-refractivity contribution is 7.26. The van der Waals surface area contributed by atoms with Crippen molar-refractivity contribution in [2.75, 3.05) is 0 Å². The maximum absolute atomic E-state index is 6.52. The van der Waals surface area contributed by atoms with Crippen LogP contribution in [0.1, 0.15) is 0 Å². The predicted molar refractivity (Wildman–Crippen MR) is 230 cm³/mol. The average Bonchev–Trinajstić information content (AvgIpc) is 3.97. The molecule has 0 atom stereocenters. The Kier molecular flexibility index (Phi) is 6.96. The maximum atomic E-state index is 6.52. The van der Waals surface area contributed by atoms with Crippen LogP contribution in [0.5, 0.6) is 0 Å². The molecule has 0 aliphatic carbocycles. The first-order valence-electron chi connectivity index (χ1n) is 18.7. The van der Waals surface area contributed by atoms with Crippen LogP contribution in [-0.2, 0) is 0 Å². The van der Waals surface area contributed by atoms with Crippen molar-refractivity contribution in [3.8, 4) is 56.8 Å². The van der Waals surface area contributed by atoms with Gasteiger partial charge in [-0.15, -0.1) is 11.3 Å². The molecule has 0 radical (unpaired) electrons. The van der Waals surface area contributed by atoms with Gasteiger partial charge in [-0.1, -0.05) is 109 Å². The standard InChI is InChI=1S/C49H27N5O2S/c1-3-12-28(13-4-1)46-52-47(29-14-5-2-6-15-29)54-49(53-46)34-18-11-20-40-42(34)36-26-30(22-24-39(36)56-40)43-45-44(33-17-8-10-21-41(33)57-45)51-48(50-43)31-23-25-38-35(27-31)32-16-7-9-19-37(32)55-38/h1-27H. The molecule has 7 nitrogen and oxygen atoms in total. The van der Waals surface area contributed by atoms with Gasteiger partial charge in [-0.3, -0.25) is 0 Å². The smallest absolute Gasteiger partial charge is 0.164 e. The van der Waals surface area contributed by atoms with Crippen LogP contribution >= 0.6 is 11.3 Å². The number of fused-ring (bicyclic) bond motifs is 9. The summed E-state index contributed by atoms with van der Waals surface area (Å²) in [6.07, 6.45) is 0. The Morgan fingerprint density at radius 3 is 1.74 bits per heavy atom. The summed E-state index contributed by atoms with van der Waals surface area (Å²) in [5.41, 5.74) is 9.56. The van der Waals surface area contributed by atoms with E-state index in [2.05, 4.69) is 54.6 Å². The normalized spacial score (nSPS) is 11.9. The molecule has 0 spiro atoms. The highest BCUT2D eigenvalue weighted by Crippen LogP contribution is 2.43. The van der Waals surface area contributed by atoms with E-state index in [0.29, 0.717) is 23.3 Å². The fourth-order valence-electron chi connectivity index (χ4n) is 7.87. The molecule has 5 heterocycles. The van der Waals surface area contributed by atoms with Gasteiger partial charge in [0.2, 0.25) is 0 Å². The molecule has 0 bridgehead atoms. The first-order chi connectivity index (χ1) is 28.2. The van der Waals surface area contributed by atoms with Crippen molar-refractivity contribution in [1.29, 1.82) is 0 Å². The lowest BCUT2D eigenvalue weighted by atomic mass is 10.0. The molecule has 7 aromatic carbocycles. The van der Waals surface area contributed by atoms with Gasteiger partial charge in [-0.25, -0.2) is 24.9 Å². The molecule has 0 aliphatic rings. The lowest BCUT2D eigenvalue weighted by molar-refractivity contribution is 0.668. The Morgan fingerprint density at radius 2 is 0.947 bits per heavy atom. The van der Waals surface area contributed by atoms with Crippen molar-refractivity contribution in [3.63, 3.8) is 0 Å². The van der Waals surface area contributed by atoms with Crippen LogP contribution in [0.3, 0.4) is 0 Å². The summed E-state index contributed by atoms with van der Waals surface area (Å²) in [5.74, 6) is 2.43. The molecule has 0 aliphatic heterocycles. The SMILES string of the molecule is c1ccc(-c2nc(-c3ccccc3)nc(-c3cccc4oc5ccc(-c6nc(-c7ccc8oc9ccccc9c8c7)nc7c6sc6ccccc67)cc5c34)n2)cc1. The number of para-hydroxylation sites is 1. The zero-order valence-electron chi connectivity index (χ0n) is 30.0. The zero-order chi connectivity index (χ0) is 37.5. The van der Waals surface area contributed by atoms with Gasteiger partial charge < -0.3 is 8.83 Å². The summed E-state index contributed by atoms with van der Waals surface area (Å²) in [7, 11) is 0. The van der Waals surface area contributed by atoms with Crippen molar-refractivity contribution >= 4 is 75.5 Å². The van der Waals surface area contributed by atoms with Crippen molar-refractivity contribution in [3.05, 3.63) is 164 Å². The Hall–Kier alpha value is -7.55. The van der Waals surface area contributed by atoms with Gasteiger partial charge >= 0.3 is 0 Å². The lowest BCUT2D eigenvalue weighted by Crippen LogP contribution is -2.00. The van der Waals surface area contributed by atoms with E-state index in [1.165, 1.54) is 0 Å². The number of benzene rings is 7. The number of hydrogen-bond donors (Lipinski definition) is 0. The predicted octanol–water partition coefficient (Wildman–Crippen LogP) is 13.2. The third kappa shape index (κ3) is 5.15. The molecule has 0 N–H and O–H groups in total. The first kappa shape index (κ1) is 31.8. The Morgan fingerprint density at radius 1 is 0.368 bits per heavy atom. The average molecular weight is 750 g/mol. The minimum Gasteiger partial charge on any atom is -0.456 e. The van der Waals surface area contributed by atoms with E-state index in [1.807, 2.05) is 109 Å². The minimum absolute atomic E-state index is 0.569. The van der Waals surface area contributed by atoms with Crippen LogP contribution in [0.25, 0.3) is 121 Å². The van der Waals surface area contributed by atoms with Crippen LogP contribution in [-0.4, -0.2) is 24.9 Å². The maximum Gasteiger partial charge on any atom is 0.164 e. The number of hydrogen-bond acceptors (Lipinski definition) is 8. The van der Waals surface area contributed by atoms with Gasteiger partial charge in [0, 0.05) is 59.4 Å². The van der Waals surface area contributed by atoms with Gasteiger partial charge in [-0.2, -0.15) is 0 Å². The molecule has 12 rings (SSSR count). The quantitative estimate of drug-likeness (QED) is 0.173. The summed E-state index contributed by atoms with van der Waals surface area (Å²) in [5, 5.41) is 5.08. The molecule has 0 amide bonds. The molecule has 0 saturated heterocycles. The summed E-state index contributed by atoms with van der Waals surface area (Å²) >= 11 is 1.71. The molecule has 57 heavy (non-hydrogen) atoms. The minimum atomic E-state index is 0.569. The first-order valence-corrected chi connectivity index (χ1v) is 19.5. The van der Waals surface area contributed by atoms with E-state index < -0.39 is 0 Å². The second kappa shape index (κ2) is 12.5. The largest absolute Gasteiger partial charge is 0.456 e. The number of nitrogens with zero attached hydrogens (tertiary/aromatic N) is 5. The lowest BCUT2D eigenvalue weighted by Gasteiger charge is -2.09. The van der Waals surface area contributed by atoms with Gasteiger partial charge in [-0.05, 0) is 54.6 Å². The number of furan rings is 2. The third-order valence-electron chi connectivity index (χ3n) is 10.6. The van der Waals surface area contributed by atoms with Crippen LogP contribution in [0.4, 0.5) is 0 Å². The van der Waals surface area contributed by atoms with E-state index >= 15 is 0 Å². The number of rotatable bonds is 5. The van der Waals surface area contributed by atoms with Crippen molar-refractivity contribution in [2.45, 2.75) is 0 Å². The second-order valence-electron chi connectivity index (χ2n) is 14.0. The van der Waals surface area contributed by atoms with Gasteiger partial charge in [0.05, 0.1) is 15.9 Å². The molecular formula is C49H27N5O2S. The fourth-order valence-corrected chi connectivity index (χ4v) is 9.02.